The highest BCUT2D eigenvalue weighted by molar-refractivity contribution is 6.30. The third-order valence-corrected chi connectivity index (χ3v) is 4.86. The maximum Gasteiger partial charge on any atom is 0.215 e. The van der Waals surface area contributed by atoms with Gasteiger partial charge in [-0.3, -0.25) is 0 Å². The summed E-state index contributed by atoms with van der Waals surface area (Å²) in [7, 11) is 0. The molecular weight excluding hydrogens is 406 g/mol. The van der Waals surface area contributed by atoms with E-state index in [1.165, 1.54) is 6.33 Å². The van der Waals surface area contributed by atoms with Crippen LogP contribution in [0.15, 0.2) is 73.8 Å². The average Bonchev–Trinajstić information content (AvgIpc) is 3.43. The summed E-state index contributed by atoms with van der Waals surface area (Å²) >= 11 is 6.06. The van der Waals surface area contributed by atoms with Crippen LogP contribution in [-0.2, 0) is 21.8 Å². The minimum atomic E-state index is -1.01. The van der Waals surface area contributed by atoms with Crippen LogP contribution in [0.25, 0.3) is 0 Å². The maximum atomic E-state index is 6.36. The van der Waals surface area contributed by atoms with E-state index in [0.717, 1.165) is 5.56 Å². The Bertz CT molecular complexity index is 965. The van der Waals surface area contributed by atoms with Gasteiger partial charge in [-0.15, -0.1) is 0 Å². The van der Waals surface area contributed by atoms with Gasteiger partial charge in [0.25, 0.3) is 0 Å². The van der Waals surface area contributed by atoms with Crippen LogP contribution in [0.2, 0.25) is 5.02 Å². The van der Waals surface area contributed by atoms with Crippen molar-refractivity contribution in [3.63, 3.8) is 0 Å². The number of benzene rings is 2. The van der Waals surface area contributed by atoms with Crippen molar-refractivity contribution >= 4 is 11.6 Å². The fourth-order valence-electron chi connectivity index (χ4n) is 3.22. The largest absolute Gasteiger partial charge is 0.487 e. The average molecular weight is 428 g/mol. The topological polar surface area (TPSA) is 67.6 Å². The molecular formula is C22H22ClN3O4. The second kappa shape index (κ2) is 9.30. The van der Waals surface area contributed by atoms with Crippen molar-refractivity contribution in [3.05, 3.63) is 84.4 Å². The molecule has 1 aromatic heterocycles. The second-order valence-corrected chi connectivity index (χ2v) is 7.20. The van der Waals surface area contributed by atoms with Gasteiger partial charge in [-0.1, -0.05) is 48.5 Å². The molecule has 8 heteroatoms. The van der Waals surface area contributed by atoms with Gasteiger partial charge < -0.3 is 18.9 Å². The summed E-state index contributed by atoms with van der Waals surface area (Å²) in [5, 5.41) is 4.83. The lowest BCUT2D eigenvalue weighted by Crippen LogP contribution is -2.34. The predicted molar refractivity (Wildman–Crippen MR) is 112 cm³/mol. The maximum absolute atomic E-state index is 6.36. The van der Waals surface area contributed by atoms with E-state index in [-0.39, 0.29) is 6.10 Å². The van der Waals surface area contributed by atoms with Crippen LogP contribution in [-0.4, -0.2) is 40.7 Å². The molecule has 0 N–H and O–H groups in total. The van der Waals surface area contributed by atoms with E-state index in [1.54, 1.807) is 17.1 Å². The third kappa shape index (κ3) is 4.64. The molecule has 156 valence electrons. The van der Waals surface area contributed by atoms with Crippen molar-refractivity contribution in [2.24, 2.45) is 0 Å². The highest BCUT2D eigenvalue weighted by Crippen LogP contribution is 2.37. The van der Waals surface area contributed by atoms with Crippen LogP contribution >= 0.6 is 11.6 Å². The van der Waals surface area contributed by atoms with Gasteiger partial charge in [0.05, 0.1) is 6.61 Å². The molecule has 1 aliphatic rings. The number of rotatable bonds is 9. The van der Waals surface area contributed by atoms with Gasteiger partial charge in [-0.25, -0.2) is 9.67 Å². The lowest BCUT2D eigenvalue weighted by atomic mass is 10.1. The molecule has 1 aliphatic heterocycles. The summed E-state index contributed by atoms with van der Waals surface area (Å²) in [6.45, 7) is 5.10. The number of hydrogen-bond acceptors (Lipinski definition) is 6. The van der Waals surface area contributed by atoms with E-state index in [4.69, 9.17) is 30.5 Å². The Morgan fingerprint density at radius 2 is 1.93 bits per heavy atom. The van der Waals surface area contributed by atoms with Crippen molar-refractivity contribution in [2.75, 3.05) is 19.8 Å². The zero-order chi connectivity index (χ0) is 20.8. The fourth-order valence-corrected chi connectivity index (χ4v) is 3.35. The number of ether oxygens (including phenoxy) is 4. The molecule has 0 amide bonds. The van der Waals surface area contributed by atoms with Crippen molar-refractivity contribution in [3.8, 4) is 11.5 Å². The summed E-state index contributed by atoms with van der Waals surface area (Å²) in [4.78, 5) is 4.01. The van der Waals surface area contributed by atoms with Gasteiger partial charge in [0.15, 0.2) is 11.5 Å². The zero-order valence-corrected chi connectivity index (χ0v) is 17.1. The Hall–Kier alpha value is -2.87. The van der Waals surface area contributed by atoms with Crippen molar-refractivity contribution in [2.45, 2.75) is 18.4 Å². The van der Waals surface area contributed by atoms with Crippen LogP contribution < -0.4 is 9.47 Å². The molecule has 0 aliphatic carbocycles. The molecule has 2 heterocycles. The molecule has 2 atom stereocenters. The molecule has 1 saturated heterocycles. The molecule has 0 radical (unpaired) electrons. The van der Waals surface area contributed by atoms with E-state index < -0.39 is 5.79 Å². The zero-order valence-electron chi connectivity index (χ0n) is 16.3. The van der Waals surface area contributed by atoms with Crippen LogP contribution in [0.1, 0.15) is 5.56 Å². The van der Waals surface area contributed by atoms with Crippen molar-refractivity contribution in [1.29, 1.82) is 0 Å². The SMILES string of the molecule is C=CCOc1ccccc1OC[C@H]1CO[C@](Cn2cncn2)(c2ccc(Cl)cc2)O1. The molecule has 0 spiro atoms. The van der Waals surface area contributed by atoms with E-state index in [0.29, 0.717) is 42.9 Å². The molecule has 0 saturated carbocycles. The minimum Gasteiger partial charge on any atom is -0.487 e. The first-order valence-corrected chi connectivity index (χ1v) is 9.92. The summed E-state index contributed by atoms with van der Waals surface area (Å²) in [6, 6.07) is 14.9. The Kier molecular flexibility index (Phi) is 6.32. The Morgan fingerprint density at radius 1 is 1.17 bits per heavy atom. The van der Waals surface area contributed by atoms with E-state index >= 15 is 0 Å². The normalized spacial score (nSPS) is 20.8. The standard InChI is InChI=1S/C22H22ClN3O4/c1-2-11-27-20-5-3-4-6-21(20)28-12-19-13-29-22(30-19,14-26-16-24-15-25-26)17-7-9-18(23)10-8-17/h2-10,15-16,19H,1,11-14H2/t19-,22-/m0/s1. The second-order valence-electron chi connectivity index (χ2n) is 6.76. The first kappa shape index (κ1) is 20.4. The number of nitrogens with zero attached hydrogens (tertiary/aromatic N) is 3. The van der Waals surface area contributed by atoms with Crippen molar-refractivity contribution in [1.82, 2.24) is 14.8 Å². The van der Waals surface area contributed by atoms with Crippen LogP contribution in [0.3, 0.4) is 0 Å². The van der Waals surface area contributed by atoms with Crippen LogP contribution in [0.4, 0.5) is 0 Å². The summed E-state index contributed by atoms with van der Waals surface area (Å²) in [6.07, 6.45) is 4.51. The Morgan fingerprint density at radius 3 is 2.63 bits per heavy atom. The fraction of sp³-hybridized carbons (Fsp3) is 0.273. The smallest absolute Gasteiger partial charge is 0.215 e. The first-order valence-electron chi connectivity index (χ1n) is 9.54. The van der Waals surface area contributed by atoms with Gasteiger partial charge in [0.2, 0.25) is 5.79 Å². The molecule has 2 aromatic carbocycles. The Balaban J connectivity index is 1.48. The van der Waals surface area contributed by atoms with Gasteiger partial charge >= 0.3 is 0 Å². The molecule has 1 fully saturated rings. The van der Waals surface area contributed by atoms with Gasteiger partial charge in [-0.05, 0) is 24.3 Å². The highest BCUT2D eigenvalue weighted by atomic mass is 35.5. The quantitative estimate of drug-likeness (QED) is 0.483. The number of hydrogen-bond donors (Lipinski definition) is 0. The van der Waals surface area contributed by atoms with Crippen molar-refractivity contribution < 1.29 is 18.9 Å². The Labute approximate surface area is 179 Å². The summed E-state index contributed by atoms with van der Waals surface area (Å²) in [5.74, 6) is 0.289. The molecule has 0 bridgehead atoms. The monoisotopic (exact) mass is 427 g/mol. The molecule has 0 unspecified atom stereocenters. The van der Waals surface area contributed by atoms with Gasteiger partial charge in [0.1, 0.15) is 38.5 Å². The lowest BCUT2D eigenvalue weighted by molar-refractivity contribution is -0.190. The molecule has 7 nitrogen and oxygen atoms in total. The minimum absolute atomic E-state index is 0.281. The van der Waals surface area contributed by atoms with E-state index in [9.17, 15) is 0 Å². The first-order chi connectivity index (χ1) is 14.7. The summed E-state index contributed by atoms with van der Waals surface area (Å²) in [5.41, 5.74) is 0.847. The van der Waals surface area contributed by atoms with Crippen LogP contribution in [0, 0.1) is 0 Å². The van der Waals surface area contributed by atoms with Gasteiger partial charge in [-0.2, -0.15) is 5.10 Å². The predicted octanol–water partition coefficient (Wildman–Crippen LogP) is 3.84. The van der Waals surface area contributed by atoms with E-state index in [2.05, 4.69) is 16.7 Å². The molecule has 3 aromatic rings. The number of halogens is 1. The highest BCUT2D eigenvalue weighted by Gasteiger charge is 2.44. The lowest BCUT2D eigenvalue weighted by Gasteiger charge is -2.28. The third-order valence-electron chi connectivity index (χ3n) is 4.61. The van der Waals surface area contributed by atoms with Gasteiger partial charge in [0, 0.05) is 10.6 Å². The summed E-state index contributed by atoms with van der Waals surface area (Å²) < 4.78 is 25.8. The molecule has 4 rings (SSSR count). The number of para-hydroxylation sites is 2. The number of aromatic nitrogens is 3. The van der Waals surface area contributed by atoms with Crippen LogP contribution in [0.5, 0.6) is 11.5 Å². The molecule has 30 heavy (non-hydrogen) atoms. The van der Waals surface area contributed by atoms with E-state index in [1.807, 2.05) is 48.5 Å².